The van der Waals surface area contributed by atoms with Crippen LogP contribution in [0.25, 0.3) is 10.2 Å². The average molecular weight is 293 g/mol. The van der Waals surface area contributed by atoms with E-state index in [0.717, 1.165) is 36.5 Å². The molecule has 1 aliphatic heterocycles. The molecule has 0 bridgehead atoms. The summed E-state index contributed by atoms with van der Waals surface area (Å²) in [7, 11) is 1.81. The van der Waals surface area contributed by atoms with Crippen molar-refractivity contribution in [1.29, 1.82) is 0 Å². The van der Waals surface area contributed by atoms with Crippen LogP contribution < -0.4 is 10.6 Å². The van der Waals surface area contributed by atoms with Crippen molar-refractivity contribution in [1.82, 2.24) is 9.47 Å². The SMILES string of the molecule is Cn1c(=O)sc2cc(CN3CCOC(CN)C3)ccc21. The van der Waals surface area contributed by atoms with E-state index in [4.69, 9.17) is 10.5 Å². The molecule has 1 atom stereocenters. The molecule has 0 amide bonds. The highest BCUT2D eigenvalue weighted by Crippen LogP contribution is 2.20. The minimum Gasteiger partial charge on any atom is -0.374 e. The Morgan fingerprint density at radius 2 is 2.35 bits per heavy atom. The van der Waals surface area contributed by atoms with Crippen molar-refractivity contribution >= 4 is 21.6 Å². The van der Waals surface area contributed by atoms with Crippen LogP contribution in [0, 0.1) is 0 Å². The molecule has 1 fully saturated rings. The van der Waals surface area contributed by atoms with Crippen LogP contribution in [-0.4, -0.2) is 41.8 Å². The molecular formula is C14H19N3O2S. The third-order valence-electron chi connectivity index (χ3n) is 3.75. The van der Waals surface area contributed by atoms with Gasteiger partial charge in [-0.2, -0.15) is 0 Å². The summed E-state index contributed by atoms with van der Waals surface area (Å²) in [5, 5.41) is 0. The molecule has 0 spiro atoms. The molecule has 2 N–H and O–H groups in total. The zero-order chi connectivity index (χ0) is 14.1. The smallest absolute Gasteiger partial charge is 0.307 e. The van der Waals surface area contributed by atoms with Crippen LogP contribution in [0.5, 0.6) is 0 Å². The van der Waals surface area contributed by atoms with Gasteiger partial charge >= 0.3 is 4.87 Å². The summed E-state index contributed by atoms with van der Waals surface area (Å²) in [4.78, 5) is 14.1. The molecule has 2 heterocycles. The zero-order valence-electron chi connectivity index (χ0n) is 11.5. The first-order valence-electron chi connectivity index (χ1n) is 6.80. The fourth-order valence-electron chi connectivity index (χ4n) is 2.60. The lowest BCUT2D eigenvalue weighted by Crippen LogP contribution is -2.45. The normalized spacial score (nSPS) is 20.6. The first kappa shape index (κ1) is 13.8. The van der Waals surface area contributed by atoms with Crippen LogP contribution in [0.3, 0.4) is 0 Å². The molecule has 1 aliphatic rings. The van der Waals surface area contributed by atoms with Gasteiger partial charge < -0.3 is 15.0 Å². The van der Waals surface area contributed by atoms with E-state index in [1.165, 1.54) is 16.9 Å². The van der Waals surface area contributed by atoms with E-state index >= 15 is 0 Å². The number of benzene rings is 1. The summed E-state index contributed by atoms with van der Waals surface area (Å²) in [5.41, 5.74) is 7.90. The Labute approximate surface area is 121 Å². The summed E-state index contributed by atoms with van der Waals surface area (Å²) in [6, 6.07) is 6.25. The molecule has 3 rings (SSSR count). The number of thiazole rings is 1. The number of rotatable bonds is 3. The Balaban J connectivity index is 1.79. The number of hydrogen-bond donors (Lipinski definition) is 1. The van der Waals surface area contributed by atoms with Gasteiger partial charge in [0.1, 0.15) is 0 Å². The maximum absolute atomic E-state index is 11.7. The predicted molar refractivity (Wildman–Crippen MR) is 81.1 cm³/mol. The van der Waals surface area contributed by atoms with Crippen LogP contribution >= 0.6 is 11.3 Å². The van der Waals surface area contributed by atoms with Crippen LogP contribution in [0.15, 0.2) is 23.0 Å². The van der Waals surface area contributed by atoms with Crippen LogP contribution in [-0.2, 0) is 18.3 Å². The van der Waals surface area contributed by atoms with Gasteiger partial charge in [-0.05, 0) is 17.7 Å². The number of aromatic nitrogens is 1. The van der Waals surface area contributed by atoms with Gasteiger partial charge in [0, 0.05) is 33.2 Å². The molecule has 0 saturated carbocycles. The molecular weight excluding hydrogens is 274 g/mol. The Kier molecular flexibility index (Phi) is 3.89. The van der Waals surface area contributed by atoms with Gasteiger partial charge in [0.05, 0.1) is 22.9 Å². The molecule has 5 nitrogen and oxygen atoms in total. The van der Waals surface area contributed by atoms with Crippen molar-refractivity contribution in [2.45, 2.75) is 12.6 Å². The van der Waals surface area contributed by atoms with E-state index in [1.807, 2.05) is 13.1 Å². The van der Waals surface area contributed by atoms with E-state index in [1.54, 1.807) is 4.57 Å². The first-order valence-corrected chi connectivity index (χ1v) is 7.61. The van der Waals surface area contributed by atoms with E-state index < -0.39 is 0 Å². The molecule has 1 aromatic heterocycles. The molecule has 6 heteroatoms. The molecule has 0 radical (unpaired) electrons. The fourth-order valence-corrected chi connectivity index (χ4v) is 3.54. The van der Waals surface area contributed by atoms with Crippen LogP contribution in [0.4, 0.5) is 0 Å². The van der Waals surface area contributed by atoms with Gasteiger partial charge in [-0.3, -0.25) is 9.69 Å². The van der Waals surface area contributed by atoms with Crippen molar-refractivity contribution in [2.75, 3.05) is 26.2 Å². The van der Waals surface area contributed by atoms with Crippen LogP contribution in [0.2, 0.25) is 0 Å². The predicted octanol–water partition coefficient (Wildman–Crippen LogP) is 0.760. The quantitative estimate of drug-likeness (QED) is 0.907. The zero-order valence-corrected chi connectivity index (χ0v) is 12.4. The number of ether oxygens (including phenoxy) is 1. The van der Waals surface area contributed by atoms with Gasteiger partial charge in [0.25, 0.3) is 0 Å². The maximum atomic E-state index is 11.7. The number of fused-ring (bicyclic) bond motifs is 1. The third kappa shape index (κ3) is 2.64. The number of aryl methyl sites for hydroxylation is 1. The number of hydrogen-bond acceptors (Lipinski definition) is 5. The van der Waals surface area contributed by atoms with Crippen molar-refractivity contribution in [2.24, 2.45) is 12.8 Å². The van der Waals surface area contributed by atoms with E-state index in [-0.39, 0.29) is 11.0 Å². The second-order valence-corrected chi connectivity index (χ2v) is 6.19. The van der Waals surface area contributed by atoms with Gasteiger partial charge in [0.15, 0.2) is 0 Å². The summed E-state index contributed by atoms with van der Waals surface area (Å²) >= 11 is 1.30. The molecule has 20 heavy (non-hydrogen) atoms. The first-order chi connectivity index (χ1) is 9.67. The van der Waals surface area contributed by atoms with Gasteiger partial charge in [0.2, 0.25) is 0 Å². The molecule has 1 aromatic carbocycles. The lowest BCUT2D eigenvalue weighted by molar-refractivity contribution is -0.0260. The lowest BCUT2D eigenvalue weighted by Gasteiger charge is -2.32. The number of morpholine rings is 1. The minimum atomic E-state index is 0.0896. The molecule has 1 unspecified atom stereocenters. The highest BCUT2D eigenvalue weighted by atomic mass is 32.1. The molecule has 108 valence electrons. The fraction of sp³-hybridized carbons (Fsp3) is 0.500. The standard InChI is InChI=1S/C14H19N3O2S/c1-16-12-3-2-10(6-13(12)20-14(16)18)8-17-4-5-19-11(7-15)9-17/h2-3,6,11H,4-5,7-9,15H2,1H3. The maximum Gasteiger partial charge on any atom is 0.307 e. The lowest BCUT2D eigenvalue weighted by atomic mass is 10.1. The number of nitrogens with zero attached hydrogens (tertiary/aromatic N) is 2. The second-order valence-electron chi connectivity index (χ2n) is 5.19. The van der Waals surface area contributed by atoms with Gasteiger partial charge in [-0.1, -0.05) is 17.4 Å². The molecule has 1 saturated heterocycles. The van der Waals surface area contributed by atoms with Crippen molar-refractivity contribution in [3.8, 4) is 0 Å². The summed E-state index contributed by atoms with van der Waals surface area (Å²) in [6.45, 7) is 3.99. The highest BCUT2D eigenvalue weighted by molar-refractivity contribution is 7.16. The minimum absolute atomic E-state index is 0.0896. The Morgan fingerprint density at radius 3 is 3.15 bits per heavy atom. The highest BCUT2D eigenvalue weighted by Gasteiger charge is 2.19. The summed E-state index contributed by atoms with van der Waals surface area (Å²) < 4.78 is 8.33. The van der Waals surface area contributed by atoms with E-state index in [9.17, 15) is 4.79 Å². The summed E-state index contributed by atoms with van der Waals surface area (Å²) in [6.07, 6.45) is 0.139. The van der Waals surface area contributed by atoms with Crippen LogP contribution in [0.1, 0.15) is 5.56 Å². The monoisotopic (exact) mass is 293 g/mol. The topological polar surface area (TPSA) is 60.5 Å². The van der Waals surface area contributed by atoms with E-state index in [0.29, 0.717) is 6.54 Å². The Bertz CT molecular complexity index is 664. The third-order valence-corrected chi connectivity index (χ3v) is 4.74. The molecule has 0 aliphatic carbocycles. The average Bonchev–Trinajstić information content (AvgIpc) is 2.74. The van der Waals surface area contributed by atoms with Gasteiger partial charge in [-0.15, -0.1) is 0 Å². The van der Waals surface area contributed by atoms with E-state index in [2.05, 4.69) is 17.0 Å². The Morgan fingerprint density at radius 1 is 1.50 bits per heavy atom. The summed E-state index contributed by atoms with van der Waals surface area (Å²) in [5.74, 6) is 0. The van der Waals surface area contributed by atoms with Crippen molar-refractivity contribution in [3.05, 3.63) is 33.4 Å². The molecule has 2 aromatic rings. The Hall–Kier alpha value is -1.21. The van der Waals surface area contributed by atoms with Crippen molar-refractivity contribution in [3.63, 3.8) is 0 Å². The van der Waals surface area contributed by atoms with Gasteiger partial charge in [-0.25, -0.2) is 0 Å². The second kappa shape index (κ2) is 5.65. The van der Waals surface area contributed by atoms with Crippen molar-refractivity contribution < 1.29 is 4.74 Å². The largest absolute Gasteiger partial charge is 0.374 e. The number of nitrogens with two attached hydrogens (primary N) is 1.